The van der Waals surface area contributed by atoms with E-state index in [0.29, 0.717) is 0 Å². The Kier molecular flexibility index (Phi) is 27.1. The summed E-state index contributed by atoms with van der Waals surface area (Å²) in [6, 6.07) is 0. The number of aliphatic carboxylic acids is 2. The van der Waals surface area contributed by atoms with Crippen molar-refractivity contribution in [3.63, 3.8) is 0 Å². The second kappa shape index (κ2) is 13.0. The fraction of sp³-hybridized carbons (Fsp3) is 0.500. The molecule has 82 valence electrons. The minimum atomic E-state index is -2.44. The van der Waals surface area contributed by atoms with Crippen LogP contribution in [0.15, 0.2) is 0 Å². The van der Waals surface area contributed by atoms with E-state index in [0.717, 1.165) is 0 Å². The summed E-state index contributed by atoms with van der Waals surface area (Å²) in [5, 5.41) is 35.7. The van der Waals surface area contributed by atoms with Crippen molar-refractivity contribution in [1.29, 1.82) is 0 Å². The third kappa shape index (κ3) is 10.1. The van der Waals surface area contributed by atoms with Crippen molar-refractivity contribution < 1.29 is 46.4 Å². The second-order valence-electron chi connectivity index (χ2n) is 1.53. The molecule has 0 saturated carbocycles. The van der Waals surface area contributed by atoms with E-state index in [4.69, 9.17) is 10.2 Å². The summed E-state index contributed by atoms with van der Waals surface area (Å²) < 4.78 is 0. The van der Waals surface area contributed by atoms with Crippen molar-refractivity contribution >= 4 is 49.7 Å². The van der Waals surface area contributed by atoms with E-state index in [1.807, 2.05) is 0 Å². The summed E-state index contributed by atoms with van der Waals surface area (Å²) >= 11 is 0. The smallest absolute Gasteiger partial charge is 0.547 e. The van der Waals surface area contributed by atoms with Gasteiger partial charge in [0.25, 0.3) is 0 Å². The number of carbonyl (C=O) groups excluding carboxylic acids is 2. The Labute approximate surface area is 108 Å². The monoisotopic (exact) mass is 242 g/mol. The van der Waals surface area contributed by atoms with Crippen LogP contribution in [0.5, 0.6) is 0 Å². The quantitative estimate of drug-likeness (QED) is 0.457. The largest absolute Gasteiger partial charge is 2.00 e. The number of rotatable bonds is 3. The molecule has 0 radical (unpaired) electrons. The van der Waals surface area contributed by atoms with Gasteiger partial charge in [-0.1, -0.05) is 0 Å². The van der Waals surface area contributed by atoms with Crippen LogP contribution in [0.1, 0.15) is 0 Å². The van der Waals surface area contributed by atoms with Crippen LogP contribution >= 0.6 is 0 Å². The van der Waals surface area contributed by atoms with E-state index in [1.54, 1.807) is 0 Å². The predicted molar refractivity (Wildman–Crippen MR) is 38.6 cm³/mol. The van der Waals surface area contributed by atoms with Crippen molar-refractivity contribution in [3.8, 4) is 0 Å². The van der Waals surface area contributed by atoms with Crippen molar-refractivity contribution in [3.05, 3.63) is 0 Å². The van der Waals surface area contributed by atoms with Crippen LogP contribution in [0.3, 0.4) is 0 Å². The van der Waals surface area contributed by atoms with Gasteiger partial charge in [0.15, 0.2) is 0 Å². The van der Waals surface area contributed by atoms with Gasteiger partial charge in [0.2, 0.25) is 0 Å². The average molecular weight is 242 g/mol. The molecule has 0 aliphatic heterocycles. The molecule has 2 atom stereocenters. The molecule has 8 N–H and O–H groups in total. The Morgan fingerprint density at radius 3 is 1.07 bits per heavy atom. The molecule has 0 aliphatic carbocycles. The van der Waals surface area contributed by atoms with Crippen LogP contribution in [0.4, 0.5) is 0 Å². The molecule has 0 aliphatic rings. The zero-order valence-corrected chi connectivity index (χ0v) is 9.10. The Bertz CT molecular complexity index is 141. The summed E-state index contributed by atoms with van der Waals surface area (Å²) in [4.78, 5) is 19.3. The molecule has 0 aromatic carbocycles. The van der Waals surface area contributed by atoms with Gasteiger partial charge >= 0.3 is 37.7 Å². The Morgan fingerprint density at radius 2 is 1.00 bits per heavy atom. The van der Waals surface area contributed by atoms with Crippen LogP contribution in [0.2, 0.25) is 0 Å². The number of aliphatic hydroxyl groups excluding tert-OH is 2. The number of carboxylic acid groups (broad SMARTS) is 2. The number of aliphatic hydroxyl groups is 2. The molecule has 14 heavy (non-hydrogen) atoms. The molecular weight excluding hydrogens is 232 g/mol. The third-order valence-electron chi connectivity index (χ3n) is 0.782. The molecule has 0 bridgehead atoms. The molecule has 0 spiro atoms. The summed E-state index contributed by atoms with van der Waals surface area (Å²) in [5.41, 5.74) is 0. The van der Waals surface area contributed by atoms with Crippen molar-refractivity contribution in [2.45, 2.75) is 12.2 Å². The maximum Gasteiger partial charge on any atom is 2.00 e. The zero-order valence-electron chi connectivity index (χ0n) is 6.89. The van der Waals surface area contributed by atoms with E-state index >= 15 is 0 Å². The van der Waals surface area contributed by atoms with Crippen molar-refractivity contribution in [2.24, 2.45) is 0 Å². The first-order valence-corrected chi connectivity index (χ1v) is 2.24. The van der Waals surface area contributed by atoms with E-state index < -0.39 is 24.1 Å². The Morgan fingerprint density at radius 1 is 0.857 bits per heavy atom. The third-order valence-corrected chi connectivity index (χ3v) is 0.782. The summed E-state index contributed by atoms with van der Waals surface area (Å²) in [6.45, 7) is 0. The van der Waals surface area contributed by atoms with E-state index in [2.05, 4.69) is 0 Å². The fourth-order valence-electron chi connectivity index (χ4n) is 0.258. The maximum atomic E-state index is 9.63. The van der Waals surface area contributed by atoms with Crippen LogP contribution in [-0.4, -0.2) is 88.5 Å². The van der Waals surface area contributed by atoms with E-state index in [1.165, 1.54) is 0 Å². The predicted octanol–water partition coefficient (Wildman–Crippen LogP) is -7.65. The van der Waals surface area contributed by atoms with Crippen LogP contribution in [-0.2, 0) is 9.59 Å². The molecule has 0 rings (SSSR count). The van der Waals surface area contributed by atoms with Gasteiger partial charge in [-0.2, -0.15) is 0 Å². The molecule has 0 aromatic rings. The van der Waals surface area contributed by atoms with Gasteiger partial charge in [0.1, 0.15) is 12.2 Å². The number of hydrogen-bond acceptors (Lipinski definition) is 6. The van der Waals surface area contributed by atoms with Crippen molar-refractivity contribution in [1.82, 2.24) is 0 Å². The molecule has 0 heterocycles. The average Bonchev–Trinajstić information content (AvgIpc) is 1.84. The van der Waals surface area contributed by atoms with Gasteiger partial charge in [0.05, 0.1) is 11.9 Å². The second-order valence-corrected chi connectivity index (χ2v) is 1.53. The van der Waals surface area contributed by atoms with Crippen LogP contribution in [0, 0.1) is 0 Å². The fourth-order valence-corrected chi connectivity index (χ4v) is 0.258. The summed E-state index contributed by atoms with van der Waals surface area (Å²) in [6.07, 6.45) is -4.88. The van der Waals surface area contributed by atoms with Gasteiger partial charge in [-0.05, 0) is 0 Å². The number of hydrogen-bond donors (Lipinski definition) is 2. The van der Waals surface area contributed by atoms with Crippen LogP contribution < -0.4 is 10.2 Å². The first kappa shape index (κ1) is 29.2. The molecule has 0 fully saturated rings. The van der Waals surface area contributed by atoms with Crippen molar-refractivity contribution in [2.75, 3.05) is 0 Å². The number of carbonyl (C=O) groups is 2. The topological polar surface area (TPSA) is 215 Å². The summed E-state index contributed by atoms with van der Waals surface area (Å²) in [7, 11) is 0. The van der Waals surface area contributed by atoms with Gasteiger partial charge < -0.3 is 46.4 Å². The minimum absolute atomic E-state index is 0. The Hall–Kier alpha value is -0.000260. The minimum Gasteiger partial charge on any atom is -0.547 e. The Balaban J connectivity index is -0.0000000675. The molecule has 2 unspecified atom stereocenters. The van der Waals surface area contributed by atoms with E-state index in [9.17, 15) is 19.8 Å². The molecule has 9 nitrogen and oxygen atoms in total. The molecular formula is C4H10CaO9. The molecule has 0 saturated heterocycles. The number of carboxylic acids is 2. The first-order valence-electron chi connectivity index (χ1n) is 2.24. The van der Waals surface area contributed by atoms with Gasteiger partial charge in [-0.25, -0.2) is 0 Å². The van der Waals surface area contributed by atoms with Crippen LogP contribution in [0.25, 0.3) is 0 Å². The zero-order chi connectivity index (χ0) is 8.31. The standard InChI is InChI=1S/C4H6O6.Ca.3H2O/c5-1(3(7)8)2(6)4(9)10;;;;/h1-2,5-6H,(H,7,8)(H,9,10);;3*1H2/q;+2;;;/p-2. The summed E-state index contributed by atoms with van der Waals surface area (Å²) in [5.74, 6) is -4.12. The molecule has 0 amide bonds. The van der Waals surface area contributed by atoms with Gasteiger partial charge in [0, 0.05) is 0 Å². The normalized spacial score (nSPS) is 11.3. The molecule has 10 heteroatoms. The van der Waals surface area contributed by atoms with E-state index in [-0.39, 0.29) is 54.2 Å². The molecule has 0 aromatic heterocycles. The van der Waals surface area contributed by atoms with Gasteiger partial charge in [-0.3, -0.25) is 0 Å². The first-order chi connectivity index (χ1) is 4.46. The maximum absolute atomic E-state index is 9.63. The SMILES string of the molecule is O.O.O.O=C([O-])C(O)C(O)C(=O)[O-].[Ca+2]. The van der Waals surface area contributed by atoms with Gasteiger partial charge in [-0.15, -0.1) is 0 Å².